The van der Waals surface area contributed by atoms with Gasteiger partial charge in [-0.1, -0.05) is 27.5 Å². The van der Waals surface area contributed by atoms with Gasteiger partial charge in [0.25, 0.3) is 0 Å². The van der Waals surface area contributed by atoms with Crippen LogP contribution in [0.15, 0.2) is 118 Å². The average Bonchev–Trinajstić information content (AvgIpc) is 3.27. The van der Waals surface area contributed by atoms with Gasteiger partial charge in [0.2, 0.25) is 0 Å². The lowest BCUT2D eigenvalue weighted by Gasteiger charge is -2.12. The number of benzene rings is 4. The molecular formula is C42H40F12N4O12S2. The van der Waals surface area contributed by atoms with Gasteiger partial charge >= 0.3 is 44.9 Å². The third kappa shape index (κ3) is 20.4. The van der Waals surface area contributed by atoms with Crippen LogP contribution in [0.2, 0.25) is 0 Å². The van der Waals surface area contributed by atoms with Gasteiger partial charge in [0.05, 0.1) is 12.0 Å². The van der Waals surface area contributed by atoms with Crippen LogP contribution < -0.4 is 18.9 Å². The predicted octanol–water partition coefficient (Wildman–Crippen LogP) is 9.38. The van der Waals surface area contributed by atoms with Crippen molar-refractivity contribution < 1.29 is 107 Å². The van der Waals surface area contributed by atoms with Crippen LogP contribution >= 0.6 is 0 Å². The summed E-state index contributed by atoms with van der Waals surface area (Å²) in [5.41, 5.74) is -6.86. The van der Waals surface area contributed by atoms with Gasteiger partial charge in [0.15, 0.2) is 22.8 Å². The van der Waals surface area contributed by atoms with Crippen molar-refractivity contribution in [3.05, 3.63) is 119 Å². The summed E-state index contributed by atoms with van der Waals surface area (Å²) in [7, 11) is -6.49. The van der Waals surface area contributed by atoms with Crippen molar-refractivity contribution in [3.8, 4) is 23.0 Å². The number of hydrogen-bond acceptors (Lipinski definition) is 16. The fraction of sp³-hybridized carbons (Fsp3) is 0.333. The van der Waals surface area contributed by atoms with Gasteiger partial charge in [-0.2, -0.15) is 69.5 Å². The summed E-state index contributed by atoms with van der Waals surface area (Å²) in [5, 5.41) is 11.5. The number of halogens is 12. The normalized spacial score (nSPS) is 13.3. The van der Waals surface area contributed by atoms with Crippen LogP contribution in [0.5, 0.6) is 23.0 Å². The minimum absolute atomic E-state index is 0.0300. The maximum atomic E-state index is 13.3. The van der Waals surface area contributed by atoms with Gasteiger partial charge < -0.3 is 28.6 Å². The van der Waals surface area contributed by atoms with Crippen LogP contribution in [0.4, 0.5) is 52.7 Å². The highest BCUT2D eigenvalue weighted by Gasteiger charge is 2.41. The molecule has 0 aliphatic rings. The molecule has 4 aromatic rings. The molecule has 16 nitrogen and oxygen atoms in total. The third-order valence-corrected chi connectivity index (χ3v) is 9.71. The average molecular weight is 1080 g/mol. The summed E-state index contributed by atoms with van der Waals surface area (Å²) in [4.78, 5) is 8.46. The molecule has 0 aliphatic carbocycles. The molecule has 396 valence electrons. The Morgan fingerprint density at radius 3 is 0.861 bits per heavy atom. The Hall–Kier alpha value is -6.98. The smallest absolute Gasteiger partial charge is 0.437 e. The number of nitrogens with zero attached hydrogens (tertiary/aromatic N) is 4. The monoisotopic (exact) mass is 1080 g/mol. The molecule has 0 N–H and O–H groups in total. The molecule has 0 spiro atoms. The lowest BCUT2D eigenvalue weighted by molar-refractivity contribution is -0.0616. The fourth-order valence-corrected chi connectivity index (χ4v) is 6.19. The summed E-state index contributed by atoms with van der Waals surface area (Å²) < 4.78 is 232. The van der Waals surface area contributed by atoms with Crippen molar-refractivity contribution in [1.82, 2.24) is 0 Å². The molecule has 0 atom stereocenters. The molecule has 0 aliphatic heterocycles. The minimum Gasteiger partial charge on any atom is -0.490 e. The zero-order valence-electron chi connectivity index (χ0n) is 37.5. The first-order valence-corrected chi connectivity index (χ1v) is 23.3. The van der Waals surface area contributed by atoms with Crippen LogP contribution in [0.25, 0.3) is 0 Å². The standard InChI is InChI=1S/C22H22F6N2O6S.C20H18F6N2O6S/c1-3-14-37(31,32)36-30-20(22(26,27)28)16-6-10-18(11-7-16)35-13-12-34-17-8-4-15(5-9-17)19(29-33-2)21(23,24)25;1-31-27-17(19(21,22)23)13-3-7-15(8-4-13)32-11-12-33-16-9-5-14(6-10-16)18(20(24,25)26)28-34-35(2,29)30/h4-11H,3,12-14H2,1-2H3;3-10H,11-12H2,1-2H3/b29-19-,30-20-;27-17-,28-18-. The van der Waals surface area contributed by atoms with E-state index in [9.17, 15) is 69.5 Å². The molecule has 0 aromatic heterocycles. The molecule has 4 aromatic carbocycles. The van der Waals surface area contributed by atoms with E-state index in [1.807, 2.05) is 0 Å². The Balaban J connectivity index is 0.000000381. The van der Waals surface area contributed by atoms with E-state index in [4.69, 9.17) is 18.9 Å². The lowest BCUT2D eigenvalue weighted by Crippen LogP contribution is -2.25. The van der Waals surface area contributed by atoms with Crippen molar-refractivity contribution in [3.63, 3.8) is 0 Å². The summed E-state index contributed by atoms with van der Waals surface area (Å²) in [6.45, 7) is 1.37. The molecule has 0 fully saturated rings. The van der Waals surface area contributed by atoms with Crippen molar-refractivity contribution >= 4 is 43.1 Å². The molecule has 4 rings (SSSR count). The van der Waals surface area contributed by atoms with Crippen molar-refractivity contribution in [2.24, 2.45) is 20.6 Å². The Morgan fingerprint density at radius 1 is 0.417 bits per heavy atom. The zero-order valence-corrected chi connectivity index (χ0v) is 39.2. The van der Waals surface area contributed by atoms with E-state index in [2.05, 4.69) is 38.9 Å². The van der Waals surface area contributed by atoms with Crippen LogP contribution in [-0.2, 0) is 38.5 Å². The predicted molar refractivity (Wildman–Crippen MR) is 233 cm³/mol. The maximum absolute atomic E-state index is 13.3. The molecular weight excluding hydrogens is 1040 g/mol. The van der Waals surface area contributed by atoms with Crippen molar-refractivity contribution in [2.75, 3.05) is 52.7 Å². The Kier molecular flexibility index (Phi) is 21.4. The number of ether oxygens (including phenoxy) is 4. The van der Waals surface area contributed by atoms with Gasteiger partial charge in [0, 0.05) is 22.3 Å². The van der Waals surface area contributed by atoms with E-state index in [0.717, 1.165) is 62.8 Å². The van der Waals surface area contributed by atoms with Crippen LogP contribution in [0.1, 0.15) is 35.6 Å². The van der Waals surface area contributed by atoms with Gasteiger partial charge in [-0.05, 0) is 103 Å². The van der Waals surface area contributed by atoms with E-state index in [0.29, 0.717) is 6.26 Å². The second kappa shape index (κ2) is 25.9. The number of alkyl halides is 12. The van der Waals surface area contributed by atoms with Gasteiger partial charge in [-0.25, -0.2) is 0 Å². The van der Waals surface area contributed by atoms with Crippen LogP contribution in [-0.4, -0.2) is 117 Å². The highest BCUT2D eigenvalue weighted by atomic mass is 32.2. The molecule has 0 bridgehead atoms. The van der Waals surface area contributed by atoms with Gasteiger partial charge in [-0.15, -0.1) is 0 Å². The first-order valence-electron chi connectivity index (χ1n) is 19.9. The minimum atomic E-state index is -4.98. The van der Waals surface area contributed by atoms with Crippen LogP contribution in [0, 0.1) is 0 Å². The Morgan fingerprint density at radius 2 is 0.653 bits per heavy atom. The van der Waals surface area contributed by atoms with E-state index < -0.39 is 84.7 Å². The van der Waals surface area contributed by atoms with E-state index >= 15 is 0 Å². The number of rotatable bonds is 22. The summed E-state index contributed by atoms with van der Waals surface area (Å²) in [6.07, 6.45) is -18.7. The molecule has 0 saturated carbocycles. The molecule has 0 saturated heterocycles. The number of oxime groups is 4. The highest BCUT2D eigenvalue weighted by molar-refractivity contribution is 7.86. The maximum Gasteiger partial charge on any atom is 0.437 e. The van der Waals surface area contributed by atoms with Gasteiger partial charge in [0.1, 0.15) is 63.6 Å². The molecule has 0 amide bonds. The summed E-state index contributed by atoms with van der Waals surface area (Å²) >= 11 is 0. The van der Waals surface area contributed by atoms with E-state index in [-0.39, 0.29) is 67.0 Å². The first-order chi connectivity index (χ1) is 33.5. The fourth-order valence-electron chi connectivity index (χ4n) is 5.22. The van der Waals surface area contributed by atoms with E-state index in [1.54, 1.807) is 0 Å². The molecule has 0 unspecified atom stereocenters. The second-order valence-corrected chi connectivity index (χ2v) is 17.0. The Labute approximate surface area is 402 Å². The summed E-state index contributed by atoms with van der Waals surface area (Å²) in [6, 6.07) is 18.6. The zero-order chi connectivity index (χ0) is 54.0. The molecule has 0 heterocycles. The van der Waals surface area contributed by atoms with Gasteiger partial charge in [-0.3, -0.25) is 8.57 Å². The molecule has 0 radical (unpaired) electrons. The SMILES string of the molecule is CCCS(=O)(=O)O/N=C(/c1ccc(OCCOc2ccc(/C(=N/OC)C(F)(F)F)cc2)cc1)C(F)(F)F.CO/N=C(/c1ccc(OCCOc2ccc(/C(=N/OS(C)(=O)=O)C(F)(F)F)cc2)cc1)C(F)(F)F. The highest BCUT2D eigenvalue weighted by Crippen LogP contribution is 2.28. The topological polar surface area (TPSA) is 192 Å². The second-order valence-electron chi connectivity index (χ2n) is 13.7. The van der Waals surface area contributed by atoms with Crippen molar-refractivity contribution in [2.45, 2.75) is 38.0 Å². The summed E-state index contributed by atoms with van der Waals surface area (Å²) in [5.74, 6) is 0.338. The first kappa shape index (κ1) is 59.3. The quantitative estimate of drug-likeness (QED) is 0.0314. The third-order valence-electron chi connectivity index (χ3n) is 8.15. The molecule has 30 heteroatoms. The van der Waals surface area contributed by atoms with Crippen LogP contribution in [0.3, 0.4) is 0 Å². The molecule has 72 heavy (non-hydrogen) atoms. The van der Waals surface area contributed by atoms with E-state index in [1.165, 1.54) is 55.5 Å². The largest absolute Gasteiger partial charge is 0.490 e. The number of hydrogen-bond donors (Lipinski definition) is 0. The Bertz CT molecular complexity index is 2700. The van der Waals surface area contributed by atoms with Crippen molar-refractivity contribution in [1.29, 1.82) is 0 Å². The lowest BCUT2D eigenvalue weighted by atomic mass is 10.1.